The van der Waals surface area contributed by atoms with E-state index >= 15 is 0 Å². The van der Waals surface area contributed by atoms with Gasteiger partial charge in [0.05, 0.1) is 13.0 Å². The quantitative estimate of drug-likeness (QED) is 0.710. The van der Waals surface area contributed by atoms with Crippen LogP contribution in [-0.2, 0) is 9.53 Å². The molecule has 1 N–H and O–H groups in total. The van der Waals surface area contributed by atoms with Crippen LogP contribution in [0.1, 0.15) is 13.3 Å². The highest BCUT2D eigenvalue weighted by molar-refractivity contribution is 5.66. The number of carbonyl (C=O) groups is 1. The first-order valence-electron chi connectivity index (χ1n) is 5.06. The van der Waals surface area contributed by atoms with Gasteiger partial charge in [0, 0.05) is 26.7 Å². The van der Waals surface area contributed by atoms with Gasteiger partial charge in [-0.1, -0.05) is 6.92 Å². The predicted molar refractivity (Wildman–Crippen MR) is 53.2 cm³/mol. The van der Waals surface area contributed by atoms with E-state index in [2.05, 4.69) is 11.8 Å². The molecule has 1 aliphatic rings. The van der Waals surface area contributed by atoms with Gasteiger partial charge in [-0.3, -0.25) is 4.79 Å². The molecular weight excluding hydrogens is 182 g/mol. The van der Waals surface area contributed by atoms with E-state index in [0.717, 1.165) is 19.7 Å². The van der Waals surface area contributed by atoms with Crippen LogP contribution in [0.4, 0.5) is 0 Å². The molecule has 0 aromatic carbocycles. The molecule has 0 aromatic rings. The molecule has 14 heavy (non-hydrogen) atoms. The molecule has 0 amide bonds. The van der Waals surface area contributed by atoms with Crippen molar-refractivity contribution in [1.29, 1.82) is 0 Å². The first kappa shape index (κ1) is 11.5. The molecule has 0 spiro atoms. The smallest absolute Gasteiger partial charge is 0.304 e. The number of aliphatic carboxylic acids is 1. The monoisotopic (exact) mass is 201 g/mol. The van der Waals surface area contributed by atoms with Gasteiger partial charge in [0.2, 0.25) is 0 Å². The fraction of sp³-hybridized carbons (Fsp3) is 0.900. The Morgan fingerprint density at radius 2 is 2.29 bits per heavy atom. The van der Waals surface area contributed by atoms with Crippen molar-refractivity contribution in [2.24, 2.45) is 11.8 Å². The molecule has 1 heterocycles. The maximum atomic E-state index is 10.4. The molecule has 2 atom stereocenters. The number of hydrogen-bond donors (Lipinski definition) is 1. The van der Waals surface area contributed by atoms with Crippen LogP contribution in [0.15, 0.2) is 0 Å². The minimum atomic E-state index is -0.715. The van der Waals surface area contributed by atoms with Crippen molar-refractivity contribution in [2.45, 2.75) is 13.3 Å². The average Bonchev–Trinajstić information content (AvgIpc) is 2.45. The Balaban J connectivity index is 2.27. The summed E-state index contributed by atoms with van der Waals surface area (Å²) >= 11 is 0. The number of carboxylic acids is 1. The summed E-state index contributed by atoms with van der Waals surface area (Å²) in [6, 6.07) is 0. The molecule has 4 nitrogen and oxygen atoms in total. The predicted octanol–water partition coefficient (Wildman–Crippen LogP) is 0.675. The van der Waals surface area contributed by atoms with Gasteiger partial charge in [0.15, 0.2) is 0 Å². The zero-order valence-corrected chi connectivity index (χ0v) is 8.90. The van der Waals surface area contributed by atoms with Crippen LogP contribution in [0.3, 0.4) is 0 Å². The maximum Gasteiger partial charge on any atom is 0.304 e. The van der Waals surface area contributed by atoms with E-state index in [1.165, 1.54) is 0 Å². The standard InChI is InChI=1S/C10H19NO3/c1-8-5-11(4-3-10(12)13)6-9(8)7-14-2/h8-9H,3-7H2,1-2H3,(H,12,13). The number of ether oxygens (including phenoxy) is 1. The number of likely N-dealkylation sites (tertiary alicyclic amines) is 1. The first-order chi connectivity index (χ1) is 6.63. The third kappa shape index (κ3) is 3.27. The van der Waals surface area contributed by atoms with E-state index in [4.69, 9.17) is 9.84 Å². The number of carboxylic acid groups (broad SMARTS) is 1. The minimum Gasteiger partial charge on any atom is -0.481 e. The Labute approximate surface area is 84.8 Å². The molecule has 82 valence electrons. The molecule has 2 unspecified atom stereocenters. The van der Waals surface area contributed by atoms with Gasteiger partial charge in [-0.25, -0.2) is 0 Å². The highest BCUT2D eigenvalue weighted by Gasteiger charge is 2.29. The van der Waals surface area contributed by atoms with E-state index in [1.54, 1.807) is 7.11 Å². The van der Waals surface area contributed by atoms with E-state index in [1.807, 2.05) is 0 Å². The Kier molecular flexibility index (Phi) is 4.35. The van der Waals surface area contributed by atoms with Gasteiger partial charge in [-0.2, -0.15) is 0 Å². The molecule has 0 saturated carbocycles. The van der Waals surface area contributed by atoms with Crippen molar-refractivity contribution >= 4 is 5.97 Å². The van der Waals surface area contributed by atoms with Gasteiger partial charge in [0.25, 0.3) is 0 Å². The number of hydrogen-bond acceptors (Lipinski definition) is 3. The number of methoxy groups -OCH3 is 1. The lowest BCUT2D eigenvalue weighted by Crippen LogP contribution is -2.24. The molecule has 1 fully saturated rings. The summed E-state index contributed by atoms with van der Waals surface area (Å²) < 4.78 is 5.13. The lowest BCUT2D eigenvalue weighted by atomic mass is 10.00. The number of nitrogens with zero attached hydrogens (tertiary/aromatic N) is 1. The largest absolute Gasteiger partial charge is 0.481 e. The van der Waals surface area contributed by atoms with Crippen molar-refractivity contribution in [3.8, 4) is 0 Å². The van der Waals surface area contributed by atoms with Crippen LogP contribution in [-0.4, -0.2) is 49.3 Å². The molecular formula is C10H19NO3. The molecule has 4 heteroatoms. The second-order valence-corrected chi connectivity index (χ2v) is 4.10. The molecule has 1 saturated heterocycles. The Morgan fingerprint density at radius 3 is 2.86 bits per heavy atom. The van der Waals surface area contributed by atoms with Crippen molar-refractivity contribution in [3.63, 3.8) is 0 Å². The summed E-state index contributed by atoms with van der Waals surface area (Å²) in [5, 5.41) is 8.56. The maximum absolute atomic E-state index is 10.4. The van der Waals surface area contributed by atoms with Crippen molar-refractivity contribution in [1.82, 2.24) is 4.90 Å². The summed E-state index contributed by atoms with van der Waals surface area (Å²) in [7, 11) is 1.71. The van der Waals surface area contributed by atoms with Crippen molar-refractivity contribution in [3.05, 3.63) is 0 Å². The van der Waals surface area contributed by atoms with Gasteiger partial charge >= 0.3 is 5.97 Å². The fourth-order valence-electron chi connectivity index (χ4n) is 2.01. The highest BCUT2D eigenvalue weighted by atomic mass is 16.5. The van der Waals surface area contributed by atoms with E-state index in [9.17, 15) is 4.79 Å². The Bertz CT molecular complexity index is 196. The van der Waals surface area contributed by atoms with Crippen LogP contribution in [0.5, 0.6) is 0 Å². The van der Waals surface area contributed by atoms with Crippen molar-refractivity contribution < 1.29 is 14.6 Å². The summed E-state index contributed by atoms with van der Waals surface area (Å²) in [6.45, 7) is 5.62. The molecule has 0 bridgehead atoms. The topological polar surface area (TPSA) is 49.8 Å². The normalized spacial score (nSPS) is 28.1. The van der Waals surface area contributed by atoms with E-state index in [0.29, 0.717) is 18.4 Å². The summed E-state index contributed by atoms with van der Waals surface area (Å²) in [6.07, 6.45) is 0.242. The lowest BCUT2D eigenvalue weighted by Gasteiger charge is -2.13. The van der Waals surface area contributed by atoms with Crippen LogP contribution >= 0.6 is 0 Å². The summed E-state index contributed by atoms with van der Waals surface area (Å²) in [4.78, 5) is 12.6. The average molecular weight is 201 g/mol. The Hall–Kier alpha value is -0.610. The molecule has 0 radical (unpaired) electrons. The van der Waals surface area contributed by atoms with E-state index < -0.39 is 5.97 Å². The second-order valence-electron chi connectivity index (χ2n) is 4.10. The number of rotatable bonds is 5. The zero-order chi connectivity index (χ0) is 10.6. The van der Waals surface area contributed by atoms with Crippen LogP contribution in [0, 0.1) is 11.8 Å². The highest BCUT2D eigenvalue weighted by Crippen LogP contribution is 2.22. The second kappa shape index (κ2) is 5.32. The van der Waals surface area contributed by atoms with E-state index in [-0.39, 0.29) is 6.42 Å². The van der Waals surface area contributed by atoms with Gasteiger partial charge < -0.3 is 14.7 Å². The molecule has 0 aromatic heterocycles. The first-order valence-corrected chi connectivity index (χ1v) is 5.06. The molecule has 1 aliphatic heterocycles. The molecule has 0 aliphatic carbocycles. The molecule has 1 rings (SSSR count). The minimum absolute atomic E-state index is 0.242. The van der Waals surface area contributed by atoms with Gasteiger partial charge in [0.1, 0.15) is 0 Å². The summed E-state index contributed by atoms with van der Waals surface area (Å²) in [5.41, 5.74) is 0. The Morgan fingerprint density at radius 1 is 1.57 bits per heavy atom. The third-order valence-corrected chi connectivity index (χ3v) is 2.87. The zero-order valence-electron chi connectivity index (χ0n) is 8.90. The van der Waals surface area contributed by atoms with Gasteiger partial charge in [-0.05, 0) is 11.8 Å². The van der Waals surface area contributed by atoms with Crippen LogP contribution < -0.4 is 0 Å². The van der Waals surface area contributed by atoms with Gasteiger partial charge in [-0.15, -0.1) is 0 Å². The summed E-state index contributed by atoms with van der Waals surface area (Å²) in [5.74, 6) is 0.463. The SMILES string of the molecule is COCC1CN(CCC(=O)O)CC1C. The van der Waals surface area contributed by atoms with Crippen LogP contribution in [0.2, 0.25) is 0 Å². The van der Waals surface area contributed by atoms with Crippen molar-refractivity contribution in [2.75, 3.05) is 33.4 Å². The fourth-order valence-corrected chi connectivity index (χ4v) is 2.01. The lowest BCUT2D eigenvalue weighted by molar-refractivity contribution is -0.137. The van der Waals surface area contributed by atoms with Crippen LogP contribution in [0.25, 0.3) is 0 Å². The third-order valence-electron chi connectivity index (χ3n) is 2.87.